The minimum Gasteiger partial charge on any atom is -0.494 e. The maximum atomic E-state index is 13.0. The zero-order valence-corrected chi connectivity index (χ0v) is 17.9. The fraction of sp³-hybridized carbons (Fsp3) is 0.167. The van der Waals surface area contributed by atoms with Crippen molar-refractivity contribution in [3.63, 3.8) is 0 Å². The maximum absolute atomic E-state index is 13.0. The van der Waals surface area contributed by atoms with Crippen LogP contribution in [0.1, 0.15) is 44.2 Å². The summed E-state index contributed by atoms with van der Waals surface area (Å²) >= 11 is 1.28. The third-order valence-corrected chi connectivity index (χ3v) is 5.79. The van der Waals surface area contributed by atoms with Crippen molar-refractivity contribution < 1.29 is 23.6 Å². The number of thioether (sulfide) groups is 1. The second-order valence-electron chi connectivity index (χ2n) is 6.97. The molecule has 7 nitrogen and oxygen atoms in total. The van der Waals surface area contributed by atoms with E-state index in [0.717, 1.165) is 18.6 Å². The highest BCUT2D eigenvalue weighted by Crippen LogP contribution is 2.31. The Hall–Kier alpha value is -3.65. The van der Waals surface area contributed by atoms with E-state index in [1.165, 1.54) is 17.8 Å². The lowest BCUT2D eigenvalue weighted by molar-refractivity contribution is 0.0967. The predicted octanol–water partition coefficient (Wildman–Crippen LogP) is 4.78. The number of allylic oxidation sites excluding steroid dienone is 2. The highest BCUT2D eigenvalue weighted by molar-refractivity contribution is 8.04. The first-order valence-corrected chi connectivity index (χ1v) is 11.1. The minimum atomic E-state index is -0.605. The molecular formula is C24H20N2O5S. The van der Waals surface area contributed by atoms with Crippen LogP contribution in [0.5, 0.6) is 5.75 Å². The van der Waals surface area contributed by atoms with Crippen molar-refractivity contribution >= 4 is 34.9 Å². The molecule has 0 atom stereocenters. The number of Topliss-reactive ketones (excluding diaryl/α,β-unsaturated/α-hetero) is 1. The standard InChI is InChI=1S/C24H20N2O5S/c27-18-15-19(32-14-8-7-13-30-17-11-5-2-6-12-17)22(28)20-21(26-31-23(18)20)24(29)25-16-9-3-1-4-10-16/h1-6,9-12,15H,7-8,13-14H2,(H,25,29). The van der Waals surface area contributed by atoms with Crippen LogP contribution in [-0.2, 0) is 0 Å². The van der Waals surface area contributed by atoms with E-state index in [2.05, 4.69) is 10.5 Å². The molecule has 1 N–H and O–H groups in total. The Morgan fingerprint density at radius 1 is 1.00 bits per heavy atom. The van der Waals surface area contributed by atoms with Gasteiger partial charge in [-0.25, -0.2) is 0 Å². The molecule has 0 bridgehead atoms. The normalized spacial score (nSPS) is 12.8. The molecule has 1 amide bonds. The SMILES string of the molecule is O=C(Nc1ccccc1)c1noc2c1C(=O)C(SCCCCOc1ccccc1)=CC2=O. The molecule has 0 saturated heterocycles. The Balaban J connectivity index is 1.34. The van der Waals surface area contributed by atoms with Crippen LogP contribution in [-0.4, -0.2) is 35.0 Å². The Morgan fingerprint density at radius 2 is 1.72 bits per heavy atom. The van der Waals surface area contributed by atoms with Gasteiger partial charge in [-0.05, 0) is 42.9 Å². The van der Waals surface area contributed by atoms with Gasteiger partial charge in [-0.15, -0.1) is 11.8 Å². The van der Waals surface area contributed by atoms with E-state index in [4.69, 9.17) is 9.26 Å². The molecule has 0 saturated carbocycles. The molecule has 8 heteroatoms. The number of fused-ring (bicyclic) bond motifs is 1. The van der Waals surface area contributed by atoms with E-state index in [9.17, 15) is 14.4 Å². The van der Waals surface area contributed by atoms with Gasteiger partial charge in [-0.3, -0.25) is 14.4 Å². The van der Waals surface area contributed by atoms with Gasteiger partial charge in [0.1, 0.15) is 11.3 Å². The number of hydrogen-bond donors (Lipinski definition) is 1. The number of unbranched alkanes of at least 4 members (excludes halogenated alkanes) is 1. The van der Waals surface area contributed by atoms with Gasteiger partial charge in [0.05, 0.1) is 11.5 Å². The number of nitrogens with zero attached hydrogens (tertiary/aromatic N) is 1. The first-order valence-electron chi connectivity index (χ1n) is 10.1. The molecule has 0 unspecified atom stereocenters. The smallest absolute Gasteiger partial charge is 0.278 e. The topological polar surface area (TPSA) is 98.5 Å². The first kappa shape index (κ1) is 21.6. The summed E-state index contributed by atoms with van der Waals surface area (Å²) in [7, 11) is 0. The van der Waals surface area contributed by atoms with Crippen molar-refractivity contribution in [2.45, 2.75) is 12.8 Å². The van der Waals surface area contributed by atoms with Crippen molar-refractivity contribution in [2.24, 2.45) is 0 Å². The van der Waals surface area contributed by atoms with Crippen LogP contribution in [0.25, 0.3) is 0 Å². The number of ketones is 2. The third-order valence-electron chi connectivity index (χ3n) is 4.68. The lowest BCUT2D eigenvalue weighted by atomic mass is 9.99. The third kappa shape index (κ3) is 4.97. The van der Waals surface area contributed by atoms with E-state index in [0.29, 0.717) is 18.0 Å². The summed E-state index contributed by atoms with van der Waals surface area (Å²) in [5, 5.41) is 6.35. The molecule has 1 aliphatic carbocycles. The molecule has 3 aromatic rings. The first-order chi connectivity index (χ1) is 15.6. The summed E-state index contributed by atoms with van der Waals surface area (Å²) in [6.07, 6.45) is 2.86. The zero-order valence-electron chi connectivity index (χ0n) is 17.1. The number of anilines is 1. The average molecular weight is 449 g/mol. The van der Waals surface area contributed by atoms with Crippen molar-refractivity contribution in [3.05, 3.63) is 88.7 Å². The molecule has 162 valence electrons. The molecule has 4 rings (SSSR count). The van der Waals surface area contributed by atoms with Crippen LogP contribution in [0.4, 0.5) is 5.69 Å². The largest absolute Gasteiger partial charge is 0.494 e. The van der Waals surface area contributed by atoms with Gasteiger partial charge in [0.2, 0.25) is 17.3 Å². The minimum absolute atomic E-state index is 0.0826. The summed E-state index contributed by atoms with van der Waals surface area (Å²) in [5.74, 6) is -0.252. The molecular weight excluding hydrogens is 428 g/mol. The number of amides is 1. The van der Waals surface area contributed by atoms with E-state index in [1.54, 1.807) is 24.3 Å². The van der Waals surface area contributed by atoms with E-state index < -0.39 is 17.5 Å². The molecule has 32 heavy (non-hydrogen) atoms. The van der Waals surface area contributed by atoms with Crippen LogP contribution >= 0.6 is 11.8 Å². The van der Waals surface area contributed by atoms with Gasteiger partial charge in [0, 0.05) is 11.8 Å². The van der Waals surface area contributed by atoms with Crippen LogP contribution in [0.2, 0.25) is 0 Å². The fourth-order valence-electron chi connectivity index (χ4n) is 3.11. The van der Waals surface area contributed by atoms with Gasteiger partial charge in [-0.1, -0.05) is 41.6 Å². The number of carbonyl (C=O) groups excluding carboxylic acids is 3. The number of ether oxygens (including phenoxy) is 1. The van der Waals surface area contributed by atoms with E-state index in [-0.39, 0.29) is 21.9 Å². The molecule has 2 aromatic carbocycles. The Kier molecular flexibility index (Phi) is 6.81. The molecule has 1 aliphatic rings. The lowest BCUT2D eigenvalue weighted by Crippen LogP contribution is -2.20. The van der Waals surface area contributed by atoms with E-state index >= 15 is 0 Å². The molecule has 1 heterocycles. The lowest BCUT2D eigenvalue weighted by Gasteiger charge is -2.11. The van der Waals surface area contributed by atoms with Crippen molar-refractivity contribution in [1.29, 1.82) is 0 Å². The molecule has 1 aromatic heterocycles. The number of carbonyl (C=O) groups is 3. The number of nitrogens with one attached hydrogen (secondary N) is 1. The maximum Gasteiger partial charge on any atom is 0.278 e. The number of hydrogen-bond acceptors (Lipinski definition) is 7. The van der Waals surface area contributed by atoms with Gasteiger partial charge in [-0.2, -0.15) is 0 Å². The summed E-state index contributed by atoms with van der Waals surface area (Å²) in [4.78, 5) is 38.3. The van der Waals surface area contributed by atoms with Crippen LogP contribution in [0.15, 0.2) is 76.2 Å². The molecule has 0 radical (unpaired) electrons. The monoisotopic (exact) mass is 448 g/mol. The van der Waals surface area contributed by atoms with Gasteiger partial charge < -0.3 is 14.6 Å². The van der Waals surface area contributed by atoms with Crippen molar-refractivity contribution in [1.82, 2.24) is 5.16 Å². The van der Waals surface area contributed by atoms with Gasteiger partial charge in [0.25, 0.3) is 5.91 Å². The van der Waals surface area contributed by atoms with Crippen molar-refractivity contribution in [3.8, 4) is 5.75 Å². The van der Waals surface area contributed by atoms with Gasteiger partial charge >= 0.3 is 0 Å². The van der Waals surface area contributed by atoms with Crippen molar-refractivity contribution in [2.75, 3.05) is 17.7 Å². The quantitative estimate of drug-likeness (QED) is 0.470. The van der Waals surface area contributed by atoms with Crippen LogP contribution < -0.4 is 10.1 Å². The van der Waals surface area contributed by atoms with Crippen LogP contribution in [0.3, 0.4) is 0 Å². The Morgan fingerprint density at radius 3 is 2.47 bits per heavy atom. The second kappa shape index (κ2) is 10.1. The highest BCUT2D eigenvalue weighted by atomic mass is 32.2. The zero-order chi connectivity index (χ0) is 22.3. The van der Waals surface area contributed by atoms with E-state index in [1.807, 2.05) is 36.4 Å². The summed E-state index contributed by atoms with van der Waals surface area (Å²) in [6.45, 7) is 0.566. The number of aromatic nitrogens is 1. The summed E-state index contributed by atoms with van der Waals surface area (Å²) < 4.78 is 10.7. The van der Waals surface area contributed by atoms with Gasteiger partial charge in [0.15, 0.2) is 5.69 Å². The Labute approximate surface area is 188 Å². The molecule has 0 fully saturated rings. The predicted molar refractivity (Wildman–Crippen MR) is 121 cm³/mol. The second-order valence-corrected chi connectivity index (χ2v) is 8.11. The fourth-order valence-corrected chi connectivity index (χ4v) is 4.10. The Bertz CT molecular complexity index is 1160. The summed E-state index contributed by atoms with van der Waals surface area (Å²) in [6, 6.07) is 18.3. The number of para-hydroxylation sites is 2. The number of rotatable bonds is 9. The summed E-state index contributed by atoms with van der Waals surface area (Å²) in [5.41, 5.74) is 0.275. The van der Waals surface area contributed by atoms with Crippen LogP contribution in [0, 0.1) is 0 Å². The number of benzene rings is 2. The highest BCUT2D eigenvalue weighted by Gasteiger charge is 2.36. The molecule has 0 aliphatic heterocycles. The average Bonchev–Trinajstić information content (AvgIpc) is 3.27. The molecule has 0 spiro atoms.